The molecule has 0 aliphatic carbocycles. The number of carbonyl (C=O) groups excluding carboxylic acids is 1. The summed E-state index contributed by atoms with van der Waals surface area (Å²) in [6.07, 6.45) is 0. The first kappa shape index (κ1) is 12.7. The van der Waals surface area contributed by atoms with Crippen molar-refractivity contribution in [2.45, 2.75) is 19.1 Å². The minimum Gasteiger partial charge on any atom is -0.315 e. The zero-order valence-corrected chi connectivity index (χ0v) is 10.1. The van der Waals surface area contributed by atoms with Crippen molar-refractivity contribution in [3.63, 3.8) is 0 Å². The van der Waals surface area contributed by atoms with Crippen LogP contribution in [0.1, 0.15) is 18.1 Å². The van der Waals surface area contributed by atoms with Crippen LogP contribution in [0.15, 0.2) is 29.4 Å². The maximum atomic E-state index is 12.6. The van der Waals surface area contributed by atoms with Crippen LogP contribution >= 0.6 is 0 Å². The summed E-state index contributed by atoms with van der Waals surface area (Å²) in [5.74, 6) is -0.370. The second-order valence-electron chi connectivity index (χ2n) is 4.35. The molecule has 0 fully saturated rings. The third-order valence-electron chi connectivity index (χ3n) is 3.02. The number of hydrogen-bond donors (Lipinski definition) is 2. The Balaban J connectivity index is 2.49. The Bertz CT molecular complexity index is 518. The summed E-state index contributed by atoms with van der Waals surface area (Å²) in [5.41, 5.74) is 2.16. The molecule has 0 aromatic heterocycles. The number of nitrogens with one attached hydrogen (secondary N) is 1. The van der Waals surface area contributed by atoms with Crippen LogP contribution in [0.2, 0.25) is 0 Å². The molecule has 1 heterocycles. The van der Waals surface area contributed by atoms with Crippen molar-refractivity contribution in [1.29, 1.82) is 0 Å². The molecule has 1 atom stereocenters. The lowest BCUT2D eigenvalue weighted by molar-refractivity contribution is -0.134. The van der Waals surface area contributed by atoms with Gasteiger partial charge in [-0.25, -0.2) is 9.40 Å². The second kappa shape index (κ2) is 4.47. The molecule has 0 spiro atoms. The smallest absolute Gasteiger partial charge is 0.270 e. The van der Waals surface area contributed by atoms with Crippen molar-refractivity contribution in [2.75, 3.05) is 7.05 Å². The highest BCUT2D eigenvalue weighted by Gasteiger charge is 2.46. The number of carbonyl (C=O) groups is 1. The minimum absolute atomic E-state index is 0.368. The minimum atomic E-state index is -1.30. The van der Waals surface area contributed by atoms with Gasteiger partial charge in [-0.15, -0.1) is 0 Å². The van der Waals surface area contributed by atoms with Gasteiger partial charge in [0.2, 0.25) is 0 Å². The molecule has 6 heteroatoms. The molecule has 96 valence electrons. The maximum absolute atomic E-state index is 12.6. The van der Waals surface area contributed by atoms with Crippen molar-refractivity contribution in [3.05, 3.63) is 35.4 Å². The molecule has 0 bridgehead atoms. The predicted molar refractivity (Wildman–Crippen MR) is 63.9 cm³/mol. The first-order chi connectivity index (χ1) is 8.52. The monoisotopic (exact) mass is 251 g/mol. The molecular weight excluding hydrogens is 237 g/mol. The van der Waals surface area contributed by atoms with Crippen molar-refractivity contribution in [2.24, 2.45) is 5.10 Å². The number of hydrazone groups is 1. The average molecular weight is 251 g/mol. The summed E-state index contributed by atoms with van der Waals surface area (Å²) in [6.45, 7) is 0.938. The van der Waals surface area contributed by atoms with Crippen molar-refractivity contribution >= 4 is 11.6 Å². The number of amides is 1. The normalized spacial score (nSPS) is 23.4. The van der Waals surface area contributed by atoms with E-state index in [4.69, 9.17) is 0 Å². The summed E-state index contributed by atoms with van der Waals surface area (Å²) >= 11 is 0. The third kappa shape index (κ3) is 1.79. The number of likely N-dealkylation sites (N-methyl/N-ethyl adjacent to an activating group) is 1. The molecule has 1 aliphatic heterocycles. The van der Waals surface area contributed by atoms with Gasteiger partial charge in [0, 0.05) is 12.6 Å². The van der Waals surface area contributed by atoms with Gasteiger partial charge in [-0.05, 0) is 18.6 Å². The number of benzene rings is 1. The molecule has 18 heavy (non-hydrogen) atoms. The zero-order valence-electron chi connectivity index (χ0n) is 10.1. The van der Waals surface area contributed by atoms with Crippen LogP contribution in [0.25, 0.3) is 0 Å². The summed E-state index contributed by atoms with van der Waals surface area (Å²) in [5, 5.41) is 14.5. The molecule has 0 saturated heterocycles. The van der Waals surface area contributed by atoms with Gasteiger partial charge in [-0.3, -0.25) is 4.79 Å². The van der Waals surface area contributed by atoms with Gasteiger partial charge in [0.25, 0.3) is 5.91 Å². The summed E-state index contributed by atoms with van der Waals surface area (Å²) in [6, 6.07) is 6.67. The quantitative estimate of drug-likeness (QED) is 0.790. The number of alkyl halides is 1. The highest BCUT2D eigenvalue weighted by atomic mass is 19.1. The molecule has 0 saturated carbocycles. The van der Waals surface area contributed by atoms with Crippen molar-refractivity contribution in [1.82, 2.24) is 10.5 Å². The predicted octanol–water partition coefficient (Wildman–Crippen LogP) is 1.07. The second-order valence-corrected chi connectivity index (χ2v) is 4.35. The van der Waals surface area contributed by atoms with Crippen molar-refractivity contribution < 1.29 is 14.4 Å². The Morgan fingerprint density at radius 2 is 2.28 bits per heavy atom. The molecule has 2 rings (SSSR count). The van der Waals surface area contributed by atoms with Crippen LogP contribution in [-0.4, -0.2) is 34.4 Å². The lowest BCUT2D eigenvalue weighted by Crippen LogP contribution is -2.53. The number of rotatable bonds is 3. The first-order valence-electron chi connectivity index (χ1n) is 5.46. The molecule has 2 N–H and O–H groups in total. The van der Waals surface area contributed by atoms with Crippen LogP contribution in [0.3, 0.4) is 0 Å². The fraction of sp³-hybridized carbons (Fsp3) is 0.333. The Kier molecular flexibility index (Phi) is 3.14. The van der Waals surface area contributed by atoms with Crippen LogP contribution < -0.4 is 5.48 Å². The fourth-order valence-corrected chi connectivity index (χ4v) is 1.97. The fourth-order valence-electron chi connectivity index (χ4n) is 1.97. The highest BCUT2D eigenvalue weighted by Crippen LogP contribution is 2.24. The van der Waals surface area contributed by atoms with E-state index in [1.54, 1.807) is 24.3 Å². The molecule has 1 aromatic carbocycles. The standard InChI is InChI=1S/C12H14FN3O2/c1-12(15-18)10(14-16(2)11(12)17)9-5-3-4-8(6-9)7-13/h3-6,15,18H,7H2,1-2H3. The molecule has 1 aromatic rings. The first-order valence-corrected chi connectivity index (χ1v) is 5.46. The van der Waals surface area contributed by atoms with Crippen LogP contribution in [0, 0.1) is 0 Å². The van der Waals surface area contributed by atoms with E-state index in [0.29, 0.717) is 16.8 Å². The van der Waals surface area contributed by atoms with E-state index in [1.807, 2.05) is 5.48 Å². The molecule has 0 radical (unpaired) electrons. The lowest BCUT2D eigenvalue weighted by atomic mass is 9.90. The molecule has 5 nitrogen and oxygen atoms in total. The summed E-state index contributed by atoms with van der Waals surface area (Å²) in [4.78, 5) is 11.9. The van der Waals surface area contributed by atoms with Gasteiger partial charge in [0.15, 0.2) is 5.54 Å². The lowest BCUT2D eigenvalue weighted by Gasteiger charge is -2.21. The zero-order chi connectivity index (χ0) is 13.3. The topological polar surface area (TPSA) is 64.9 Å². The van der Waals surface area contributed by atoms with Gasteiger partial charge >= 0.3 is 0 Å². The molecule has 1 aliphatic rings. The van der Waals surface area contributed by atoms with Crippen molar-refractivity contribution in [3.8, 4) is 0 Å². The largest absolute Gasteiger partial charge is 0.315 e. The van der Waals surface area contributed by atoms with E-state index in [0.717, 1.165) is 5.01 Å². The Hall–Kier alpha value is -1.79. The van der Waals surface area contributed by atoms with E-state index in [1.165, 1.54) is 14.0 Å². The Morgan fingerprint density at radius 3 is 2.89 bits per heavy atom. The third-order valence-corrected chi connectivity index (χ3v) is 3.02. The van der Waals surface area contributed by atoms with Gasteiger partial charge in [0.05, 0.1) is 5.71 Å². The molecule has 1 amide bonds. The average Bonchev–Trinajstić information content (AvgIpc) is 2.64. The van der Waals surface area contributed by atoms with Gasteiger partial charge in [-0.2, -0.15) is 10.6 Å². The molecular formula is C12H14FN3O2. The number of hydrogen-bond acceptors (Lipinski definition) is 4. The van der Waals surface area contributed by atoms with E-state index < -0.39 is 12.2 Å². The van der Waals surface area contributed by atoms with Gasteiger partial charge < -0.3 is 5.21 Å². The van der Waals surface area contributed by atoms with E-state index in [2.05, 4.69) is 5.10 Å². The summed E-state index contributed by atoms with van der Waals surface area (Å²) in [7, 11) is 1.50. The number of hydroxylamine groups is 1. The van der Waals surface area contributed by atoms with Gasteiger partial charge in [-0.1, -0.05) is 18.2 Å². The highest BCUT2D eigenvalue weighted by molar-refractivity contribution is 6.23. The SMILES string of the molecule is CN1N=C(c2cccc(CF)c2)C(C)(NO)C1=O. The van der Waals surface area contributed by atoms with Crippen LogP contribution in [0.5, 0.6) is 0 Å². The van der Waals surface area contributed by atoms with E-state index in [-0.39, 0.29) is 5.91 Å². The van der Waals surface area contributed by atoms with Gasteiger partial charge in [0.1, 0.15) is 6.67 Å². The summed E-state index contributed by atoms with van der Waals surface area (Å²) < 4.78 is 12.6. The number of halogens is 1. The maximum Gasteiger partial charge on any atom is 0.270 e. The molecule has 1 unspecified atom stereocenters. The van der Waals surface area contributed by atoms with Crippen LogP contribution in [0.4, 0.5) is 4.39 Å². The Labute approximate surface area is 104 Å². The van der Waals surface area contributed by atoms with E-state index >= 15 is 0 Å². The number of nitrogens with zero attached hydrogens (tertiary/aromatic N) is 2. The Morgan fingerprint density at radius 1 is 1.56 bits per heavy atom. The van der Waals surface area contributed by atoms with Crippen LogP contribution in [-0.2, 0) is 11.5 Å². The van der Waals surface area contributed by atoms with E-state index in [9.17, 15) is 14.4 Å².